The molecule has 5 rings (SSSR count). The molecule has 166 valence electrons. The third-order valence-corrected chi connectivity index (χ3v) is 6.29. The average Bonchev–Trinajstić information content (AvgIpc) is 3.70. The van der Waals surface area contributed by atoms with Crippen LogP contribution < -0.4 is 18.9 Å². The van der Waals surface area contributed by atoms with Crippen molar-refractivity contribution in [1.29, 1.82) is 0 Å². The summed E-state index contributed by atoms with van der Waals surface area (Å²) in [6.45, 7) is 8.13. The molecule has 3 aromatic rings. The molecule has 0 saturated carbocycles. The predicted octanol–water partition coefficient (Wildman–Crippen LogP) is 5.19. The van der Waals surface area contributed by atoms with E-state index in [9.17, 15) is 0 Å². The lowest BCUT2D eigenvalue weighted by Gasteiger charge is -2.13. The Bertz CT molecular complexity index is 971. The first-order valence-corrected chi connectivity index (χ1v) is 11.9. The molecule has 2 fully saturated rings. The summed E-state index contributed by atoms with van der Waals surface area (Å²) < 4.78 is 37.0. The van der Waals surface area contributed by atoms with Crippen LogP contribution in [0.4, 0.5) is 0 Å². The summed E-state index contributed by atoms with van der Waals surface area (Å²) in [5.74, 6) is 3.09. The minimum atomic E-state index is 0.192. The van der Waals surface area contributed by atoms with Crippen LogP contribution in [0.1, 0.15) is 26.7 Å². The van der Waals surface area contributed by atoms with Gasteiger partial charge in [0.1, 0.15) is 25.4 Å². The molecular formula is C24H28O6S. The van der Waals surface area contributed by atoms with Gasteiger partial charge in [-0.1, -0.05) is 13.8 Å². The van der Waals surface area contributed by atoms with Gasteiger partial charge in [-0.15, -0.1) is 11.3 Å². The molecule has 6 nitrogen and oxygen atoms in total. The molecule has 3 heterocycles. The van der Waals surface area contributed by atoms with Gasteiger partial charge >= 0.3 is 0 Å². The van der Waals surface area contributed by atoms with Crippen molar-refractivity contribution in [2.75, 3.05) is 39.6 Å². The number of benzene rings is 2. The maximum atomic E-state index is 6.06. The topological polar surface area (TPSA) is 62.0 Å². The number of hydrogen-bond donors (Lipinski definition) is 0. The average molecular weight is 445 g/mol. The summed E-state index contributed by atoms with van der Waals surface area (Å²) >= 11 is 1.73. The number of thiophene rings is 1. The van der Waals surface area contributed by atoms with Crippen LogP contribution in [0.3, 0.4) is 0 Å². The van der Waals surface area contributed by atoms with Gasteiger partial charge in [-0.25, -0.2) is 0 Å². The maximum absolute atomic E-state index is 6.06. The van der Waals surface area contributed by atoms with Crippen molar-refractivity contribution in [1.82, 2.24) is 0 Å². The van der Waals surface area contributed by atoms with Crippen molar-refractivity contribution in [3.63, 3.8) is 0 Å². The molecule has 7 heteroatoms. The van der Waals surface area contributed by atoms with E-state index in [4.69, 9.17) is 28.4 Å². The second kappa shape index (κ2) is 9.10. The molecule has 1 aromatic heterocycles. The zero-order valence-corrected chi connectivity index (χ0v) is 18.8. The highest BCUT2D eigenvalue weighted by molar-refractivity contribution is 7.25. The number of fused-ring (bicyclic) bond motifs is 3. The molecular weight excluding hydrogens is 416 g/mol. The van der Waals surface area contributed by atoms with E-state index in [1.54, 1.807) is 11.3 Å². The molecule has 0 aliphatic carbocycles. The molecule has 0 N–H and O–H groups in total. The normalized spacial score (nSPS) is 19.5. The van der Waals surface area contributed by atoms with Gasteiger partial charge in [-0.2, -0.15) is 0 Å². The number of ether oxygens (including phenoxy) is 6. The van der Waals surface area contributed by atoms with Gasteiger partial charge in [0, 0.05) is 32.3 Å². The van der Waals surface area contributed by atoms with Crippen LogP contribution in [-0.2, 0) is 9.47 Å². The zero-order valence-electron chi connectivity index (χ0n) is 18.0. The Hall–Kier alpha value is -2.22. The second-order valence-corrected chi connectivity index (χ2v) is 9.01. The lowest BCUT2D eigenvalue weighted by molar-refractivity contribution is 0.241. The second-order valence-electron chi connectivity index (χ2n) is 7.92. The highest BCUT2D eigenvalue weighted by Crippen LogP contribution is 2.45. The number of epoxide rings is 2. The van der Waals surface area contributed by atoms with Crippen molar-refractivity contribution in [2.24, 2.45) is 0 Å². The Morgan fingerprint density at radius 1 is 0.710 bits per heavy atom. The molecule has 2 saturated heterocycles. The Kier molecular flexibility index (Phi) is 6.07. The van der Waals surface area contributed by atoms with Gasteiger partial charge in [0.15, 0.2) is 23.0 Å². The maximum Gasteiger partial charge on any atom is 0.162 e. The fraction of sp³-hybridized carbons (Fsp3) is 0.500. The molecule has 2 aliphatic heterocycles. The van der Waals surface area contributed by atoms with Crippen molar-refractivity contribution < 1.29 is 28.4 Å². The van der Waals surface area contributed by atoms with Gasteiger partial charge < -0.3 is 28.4 Å². The predicted molar refractivity (Wildman–Crippen MR) is 121 cm³/mol. The Labute approximate surface area is 185 Å². The van der Waals surface area contributed by atoms with Crippen LogP contribution in [0.15, 0.2) is 24.3 Å². The highest BCUT2D eigenvalue weighted by atomic mass is 32.1. The van der Waals surface area contributed by atoms with Crippen LogP contribution in [0.2, 0.25) is 0 Å². The fourth-order valence-corrected chi connectivity index (χ4v) is 4.49. The number of rotatable bonds is 12. The van der Waals surface area contributed by atoms with E-state index >= 15 is 0 Å². The molecule has 2 aromatic carbocycles. The first kappa shape index (κ1) is 20.7. The lowest BCUT2D eigenvalue weighted by Crippen LogP contribution is -2.06. The fourth-order valence-electron chi connectivity index (χ4n) is 3.36. The van der Waals surface area contributed by atoms with Crippen LogP contribution in [0.25, 0.3) is 20.2 Å². The molecule has 2 atom stereocenters. The highest BCUT2D eigenvalue weighted by Gasteiger charge is 2.25. The van der Waals surface area contributed by atoms with Gasteiger partial charge in [-0.3, -0.25) is 0 Å². The number of hydrogen-bond acceptors (Lipinski definition) is 7. The van der Waals surface area contributed by atoms with Crippen molar-refractivity contribution in [3.8, 4) is 23.0 Å². The molecule has 0 bridgehead atoms. The largest absolute Gasteiger partial charge is 0.490 e. The molecule has 2 unspecified atom stereocenters. The van der Waals surface area contributed by atoms with E-state index < -0.39 is 0 Å². The smallest absolute Gasteiger partial charge is 0.162 e. The molecule has 0 radical (unpaired) electrons. The van der Waals surface area contributed by atoms with E-state index in [0.29, 0.717) is 26.4 Å². The molecule has 2 aliphatic rings. The van der Waals surface area contributed by atoms with Gasteiger partial charge in [-0.05, 0) is 25.0 Å². The van der Waals surface area contributed by atoms with Crippen molar-refractivity contribution in [2.45, 2.75) is 38.9 Å². The van der Waals surface area contributed by atoms with Crippen LogP contribution in [0, 0.1) is 0 Å². The zero-order chi connectivity index (χ0) is 21.2. The van der Waals surface area contributed by atoms with Crippen molar-refractivity contribution >= 4 is 31.5 Å². The SMILES string of the molecule is CCCOc1cc2sc3cc(OCCC)c(OCC4CO4)cc3c2cc1OCC1CO1. The van der Waals surface area contributed by atoms with Gasteiger partial charge in [0.05, 0.1) is 26.4 Å². The van der Waals surface area contributed by atoms with Crippen molar-refractivity contribution in [3.05, 3.63) is 24.3 Å². The summed E-state index contributed by atoms with van der Waals surface area (Å²) in [5, 5.41) is 2.26. The third-order valence-electron chi connectivity index (χ3n) is 5.18. The van der Waals surface area contributed by atoms with Crippen LogP contribution in [-0.4, -0.2) is 51.8 Å². The quantitative estimate of drug-likeness (QED) is 0.359. The van der Waals surface area contributed by atoms with Crippen LogP contribution in [0.5, 0.6) is 23.0 Å². The van der Waals surface area contributed by atoms with E-state index in [-0.39, 0.29) is 12.2 Å². The minimum absolute atomic E-state index is 0.192. The summed E-state index contributed by atoms with van der Waals surface area (Å²) in [6.07, 6.45) is 2.27. The third kappa shape index (κ3) is 4.84. The Balaban J connectivity index is 1.54. The first-order valence-electron chi connectivity index (χ1n) is 11.0. The van der Waals surface area contributed by atoms with E-state index in [1.165, 1.54) is 0 Å². The van der Waals surface area contributed by atoms with E-state index in [1.807, 2.05) is 0 Å². The minimum Gasteiger partial charge on any atom is -0.490 e. The summed E-state index contributed by atoms with van der Waals surface area (Å²) in [6, 6.07) is 8.34. The Morgan fingerprint density at radius 2 is 1.13 bits per heavy atom. The standard InChI is InChI=1S/C24H28O6S/c1-3-5-25-21-9-23-17(7-19(21)29-13-15-11-27-15)18-8-20(30-14-16-12-28-16)22(26-6-4-2)10-24(18)31-23/h7-10,15-16H,3-6,11-14H2,1-2H3. The first-order chi connectivity index (χ1) is 15.2. The summed E-state index contributed by atoms with van der Waals surface area (Å²) in [4.78, 5) is 0. The van der Waals surface area contributed by atoms with Gasteiger partial charge in [0.2, 0.25) is 0 Å². The van der Waals surface area contributed by atoms with E-state index in [2.05, 4.69) is 38.1 Å². The molecule has 0 spiro atoms. The van der Waals surface area contributed by atoms with Gasteiger partial charge in [0.25, 0.3) is 0 Å². The Morgan fingerprint density at radius 3 is 1.52 bits per heavy atom. The van der Waals surface area contributed by atoms with Crippen LogP contribution >= 0.6 is 11.3 Å². The van der Waals surface area contributed by atoms with E-state index in [0.717, 1.165) is 69.2 Å². The molecule has 31 heavy (non-hydrogen) atoms. The monoisotopic (exact) mass is 444 g/mol. The summed E-state index contributed by atoms with van der Waals surface area (Å²) in [7, 11) is 0. The summed E-state index contributed by atoms with van der Waals surface area (Å²) in [5.41, 5.74) is 0. The molecule has 0 amide bonds. The lowest BCUT2D eigenvalue weighted by atomic mass is 10.1.